The topological polar surface area (TPSA) is 32.3 Å². The summed E-state index contributed by atoms with van der Waals surface area (Å²) in [4.78, 5) is 0. The van der Waals surface area contributed by atoms with Gasteiger partial charge in [0.15, 0.2) is 0 Å². The molecule has 1 aromatic carbocycles. The molecule has 1 fully saturated rings. The first-order chi connectivity index (χ1) is 6.18. The third-order valence-electron chi connectivity index (χ3n) is 2.76. The SMILES string of the molecule is CC1(Cc2ccc(O)cc2)CCN1. The van der Waals surface area contributed by atoms with E-state index >= 15 is 0 Å². The van der Waals surface area contributed by atoms with Crippen LogP contribution < -0.4 is 5.32 Å². The summed E-state index contributed by atoms with van der Waals surface area (Å²) in [5.41, 5.74) is 1.57. The lowest BCUT2D eigenvalue weighted by Crippen LogP contribution is -2.55. The molecule has 1 aliphatic heterocycles. The van der Waals surface area contributed by atoms with Gasteiger partial charge in [0.25, 0.3) is 0 Å². The van der Waals surface area contributed by atoms with Gasteiger partial charge in [-0.25, -0.2) is 0 Å². The van der Waals surface area contributed by atoms with Crippen LogP contribution in [0.4, 0.5) is 0 Å². The van der Waals surface area contributed by atoms with Crippen LogP contribution in [0.5, 0.6) is 5.75 Å². The van der Waals surface area contributed by atoms with Crippen molar-refractivity contribution >= 4 is 0 Å². The summed E-state index contributed by atoms with van der Waals surface area (Å²) >= 11 is 0. The number of aromatic hydroxyl groups is 1. The molecular weight excluding hydrogens is 162 g/mol. The third-order valence-corrected chi connectivity index (χ3v) is 2.76. The maximum absolute atomic E-state index is 9.11. The Morgan fingerprint density at radius 3 is 2.46 bits per heavy atom. The minimum atomic E-state index is 0.289. The fourth-order valence-corrected chi connectivity index (χ4v) is 1.77. The van der Waals surface area contributed by atoms with Gasteiger partial charge in [-0.3, -0.25) is 0 Å². The molecule has 70 valence electrons. The molecule has 0 aromatic heterocycles. The standard InChI is InChI=1S/C11H15NO/c1-11(6-7-12-11)8-9-2-4-10(13)5-3-9/h2-5,12-13H,6-8H2,1H3. The number of hydrogen-bond acceptors (Lipinski definition) is 2. The molecule has 1 saturated heterocycles. The van der Waals surface area contributed by atoms with E-state index in [-0.39, 0.29) is 5.54 Å². The molecule has 0 radical (unpaired) electrons. The minimum absolute atomic E-state index is 0.289. The summed E-state index contributed by atoms with van der Waals surface area (Å²) in [6.07, 6.45) is 2.29. The van der Waals surface area contributed by atoms with Crippen molar-refractivity contribution in [1.29, 1.82) is 0 Å². The van der Waals surface area contributed by atoms with Gasteiger partial charge in [0.1, 0.15) is 5.75 Å². The molecule has 2 N–H and O–H groups in total. The van der Waals surface area contributed by atoms with Crippen molar-refractivity contribution in [3.05, 3.63) is 29.8 Å². The quantitative estimate of drug-likeness (QED) is 0.720. The van der Waals surface area contributed by atoms with Crippen LogP contribution in [0.15, 0.2) is 24.3 Å². The Morgan fingerprint density at radius 1 is 1.38 bits per heavy atom. The molecule has 2 nitrogen and oxygen atoms in total. The Morgan fingerprint density at radius 2 is 2.00 bits per heavy atom. The molecular formula is C11H15NO. The number of benzene rings is 1. The predicted octanol–water partition coefficient (Wildman–Crippen LogP) is 1.69. The lowest BCUT2D eigenvalue weighted by molar-refractivity contribution is 0.231. The molecule has 0 spiro atoms. The van der Waals surface area contributed by atoms with Gasteiger partial charge in [-0.1, -0.05) is 12.1 Å². The average Bonchev–Trinajstić information content (AvgIpc) is 2.06. The van der Waals surface area contributed by atoms with E-state index in [0.717, 1.165) is 13.0 Å². The molecule has 0 bridgehead atoms. The van der Waals surface area contributed by atoms with Gasteiger partial charge in [-0.15, -0.1) is 0 Å². The summed E-state index contributed by atoms with van der Waals surface area (Å²) in [7, 11) is 0. The van der Waals surface area contributed by atoms with Gasteiger partial charge in [0.2, 0.25) is 0 Å². The van der Waals surface area contributed by atoms with Crippen molar-refractivity contribution in [1.82, 2.24) is 5.32 Å². The molecule has 0 saturated carbocycles. The second kappa shape index (κ2) is 3.04. The van der Waals surface area contributed by atoms with E-state index in [9.17, 15) is 0 Å². The molecule has 1 unspecified atom stereocenters. The van der Waals surface area contributed by atoms with E-state index in [1.54, 1.807) is 12.1 Å². The first-order valence-corrected chi connectivity index (χ1v) is 4.71. The van der Waals surface area contributed by atoms with Gasteiger partial charge in [0.05, 0.1) is 0 Å². The zero-order valence-electron chi connectivity index (χ0n) is 7.88. The molecule has 0 aliphatic carbocycles. The Hall–Kier alpha value is -1.02. The van der Waals surface area contributed by atoms with Crippen molar-refractivity contribution < 1.29 is 5.11 Å². The fourth-order valence-electron chi connectivity index (χ4n) is 1.77. The Labute approximate surface area is 78.6 Å². The van der Waals surface area contributed by atoms with Crippen LogP contribution in [0.25, 0.3) is 0 Å². The van der Waals surface area contributed by atoms with Crippen molar-refractivity contribution in [2.45, 2.75) is 25.3 Å². The molecule has 13 heavy (non-hydrogen) atoms. The highest BCUT2D eigenvalue weighted by atomic mass is 16.3. The number of phenolic OH excluding ortho intramolecular Hbond substituents is 1. The predicted molar refractivity (Wildman–Crippen MR) is 52.8 cm³/mol. The Kier molecular flexibility index (Phi) is 2.00. The van der Waals surface area contributed by atoms with Crippen LogP contribution in [0.1, 0.15) is 18.9 Å². The average molecular weight is 177 g/mol. The van der Waals surface area contributed by atoms with E-state index < -0.39 is 0 Å². The van der Waals surface area contributed by atoms with Crippen molar-refractivity contribution in [3.8, 4) is 5.75 Å². The summed E-state index contributed by atoms with van der Waals surface area (Å²) in [6.45, 7) is 3.37. The number of hydrogen-bond donors (Lipinski definition) is 2. The van der Waals surface area contributed by atoms with Crippen molar-refractivity contribution in [2.24, 2.45) is 0 Å². The van der Waals surface area contributed by atoms with Crippen LogP contribution in [0, 0.1) is 0 Å². The third kappa shape index (κ3) is 1.83. The Balaban J connectivity index is 2.05. The lowest BCUT2D eigenvalue weighted by Gasteiger charge is -2.40. The van der Waals surface area contributed by atoms with Crippen LogP contribution in [0.3, 0.4) is 0 Å². The molecule has 1 atom stereocenters. The summed E-state index contributed by atoms with van der Waals surface area (Å²) in [5, 5.41) is 12.5. The second-order valence-electron chi connectivity index (χ2n) is 4.08. The van der Waals surface area contributed by atoms with E-state index in [1.807, 2.05) is 12.1 Å². The van der Waals surface area contributed by atoms with Gasteiger partial charge < -0.3 is 10.4 Å². The van der Waals surface area contributed by atoms with E-state index in [1.165, 1.54) is 12.0 Å². The van der Waals surface area contributed by atoms with Gasteiger partial charge in [-0.05, 0) is 44.0 Å². The van der Waals surface area contributed by atoms with Crippen molar-refractivity contribution in [2.75, 3.05) is 6.54 Å². The largest absolute Gasteiger partial charge is 0.508 e. The number of nitrogens with one attached hydrogen (secondary N) is 1. The van der Waals surface area contributed by atoms with Crippen LogP contribution >= 0.6 is 0 Å². The molecule has 1 heterocycles. The molecule has 1 aromatic rings. The summed E-state index contributed by atoms with van der Waals surface area (Å²) in [5.74, 6) is 0.343. The normalized spacial score (nSPS) is 26.8. The highest BCUT2D eigenvalue weighted by molar-refractivity contribution is 5.27. The Bertz CT molecular complexity index is 287. The fraction of sp³-hybridized carbons (Fsp3) is 0.455. The molecule has 1 aliphatic rings. The lowest BCUT2D eigenvalue weighted by atomic mass is 9.84. The maximum atomic E-state index is 9.11. The zero-order chi connectivity index (χ0) is 9.31. The van der Waals surface area contributed by atoms with E-state index in [2.05, 4.69) is 12.2 Å². The van der Waals surface area contributed by atoms with E-state index in [0.29, 0.717) is 5.75 Å². The highest BCUT2D eigenvalue weighted by Crippen LogP contribution is 2.23. The van der Waals surface area contributed by atoms with Crippen LogP contribution in [0.2, 0.25) is 0 Å². The summed E-state index contributed by atoms with van der Waals surface area (Å²) < 4.78 is 0. The molecule has 2 heteroatoms. The maximum Gasteiger partial charge on any atom is 0.115 e. The van der Waals surface area contributed by atoms with Gasteiger partial charge in [0, 0.05) is 5.54 Å². The van der Waals surface area contributed by atoms with Crippen molar-refractivity contribution in [3.63, 3.8) is 0 Å². The summed E-state index contributed by atoms with van der Waals surface area (Å²) in [6, 6.07) is 7.47. The number of phenols is 1. The van der Waals surface area contributed by atoms with Gasteiger partial charge >= 0.3 is 0 Å². The first kappa shape index (κ1) is 8.57. The van der Waals surface area contributed by atoms with E-state index in [4.69, 9.17) is 5.11 Å². The van der Waals surface area contributed by atoms with Crippen LogP contribution in [-0.2, 0) is 6.42 Å². The molecule has 2 rings (SSSR count). The highest BCUT2D eigenvalue weighted by Gasteiger charge is 2.30. The minimum Gasteiger partial charge on any atom is -0.508 e. The van der Waals surface area contributed by atoms with Gasteiger partial charge in [-0.2, -0.15) is 0 Å². The number of rotatable bonds is 2. The zero-order valence-corrected chi connectivity index (χ0v) is 7.88. The molecule has 0 amide bonds. The second-order valence-corrected chi connectivity index (χ2v) is 4.08. The smallest absolute Gasteiger partial charge is 0.115 e. The van der Waals surface area contributed by atoms with Crippen LogP contribution in [-0.4, -0.2) is 17.2 Å². The monoisotopic (exact) mass is 177 g/mol. The first-order valence-electron chi connectivity index (χ1n) is 4.71.